The summed E-state index contributed by atoms with van der Waals surface area (Å²) >= 11 is 0. The number of aromatic amines is 1. The van der Waals surface area contributed by atoms with Crippen molar-refractivity contribution in [3.05, 3.63) is 102 Å². The molecular formula is C24H22FN5O. The number of nitrogens with zero attached hydrogens (tertiary/aromatic N) is 2. The minimum atomic E-state index is -0.544. The predicted octanol–water partition coefficient (Wildman–Crippen LogP) is 4.12. The van der Waals surface area contributed by atoms with Crippen LogP contribution in [0, 0.1) is 5.82 Å². The van der Waals surface area contributed by atoms with Gasteiger partial charge in [-0.05, 0) is 41.8 Å². The number of aromatic nitrogens is 3. The Kier molecular flexibility index (Phi) is 6.44. The first-order valence-electron chi connectivity index (χ1n) is 9.98. The first-order valence-corrected chi connectivity index (χ1v) is 9.98. The van der Waals surface area contributed by atoms with Gasteiger partial charge in [0.05, 0.1) is 6.20 Å². The Morgan fingerprint density at radius 3 is 2.45 bits per heavy atom. The highest BCUT2D eigenvalue weighted by molar-refractivity contribution is 5.94. The van der Waals surface area contributed by atoms with E-state index in [1.807, 2.05) is 36.4 Å². The van der Waals surface area contributed by atoms with Gasteiger partial charge in [0.15, 0.2) is 0 Å². The zero-order valence-electron chi connectivity index (χ0n) is 16.8. The van der Waals surface area contributed by atoms with E-state index in [1.54, 1.807) is 36.8 Å². The van der Waals surface area contributed by atoms with E-state index in [1.165, 1.54) is 12.1 Å². The molecule has 1 amide bonds. The van der Waals surface area contributed by atoms with Crippen molar-refractivity contribution in [3.8, 4) is 11.1 Å². The molecule has 0 aliphatic carbocycles. The van der Waals surface area contributed by atoms with Crippen molar-refractivity contribution in [1.29, 1.82) is 0 Å². The minimum absolute atomic E-state index is 0.200. The highest BCUT2D eigenvalue weighted by Crippen LogP contribution is 2.19. The number of benzene rings is 2. The number of carbonyl (C=O) groups excluding carboxylic acids is 1. The molecule has 1 atom stereocenters. The summed E-state index contributed by atoms with van der Waals surface area (Å²) in [7, 11) is 0. The second-order valence-electron chi connectivity index (χ2n) is 7.08. The highest BCUT2D eigenvalue weighted by atomic mass is 19.1. The molecule has 6 nitrogen and oxygen atoms in total. The van der Waals surface area contributed by atoms with Gasteiger partial charge in [0.25, 0.3) is 0 Å². The first kappa shape index (κ1) is 20.4. The second-order valence-corrected chi connectivity index (χ2v) is 7.08. The number of halogens is 1. The molecule has 31 heavy (non-hydrogen) atoms. The third kappa shape index (κ3) is 5.40. The van der Waals surface area contributed by atoms with E-state index in [4.69, 9.17) is 0 Å². The van der Waals surface area contributed by atoms with E-state index >= 15 is 0 Å². The van der Waals surface area contributed by atoms with Gasteiger partial charge in [-0.3, -0.25) is 9.89 Å². The molecule has 2 heterocycles. The number of nitrogens with one attached hydrogen (secondary N) is 3. The van der Waals surface area contributed by atoms with Crippen molar-refractivity contribution in [2.24, 2.45) is 0 Å². The quantitative estimate of drug-likeness (QED) is 0.404. The summed E-state index contributed by atoms with van der Waals surface area (Å²) in [6, 6.07) is 19.0. The smallest absolute Gasteiger partial charge is 0.247 e. The molecule has 7 heteroatoms. The zero-order chi connectivity index (χ0) is 21.5. The number of rotatable bonds is 8. The molecule has 0 spiro atoms. The van der Waals surface area contributed by atoms with Crippen molar-refractivity contribution in [2.45, 2.75) is 12.5 Å². The molecule has 2 aromatic heterocycles. The van der Waals surface area contributed by atoms with E-state index < -0.39 is 6.04 Å². The highest BCUT2D eigenvalue weighted by Gasteiger charge is 2.20. The number of hydrogen-bond acceptors (Lipinski definition) is 4. The minimum Gasteiger partial charge on any atom is -0.309 e. The Morgan fingerprint density at radius 2 is 1.77 bits per heavy atom. The molecule has 0 aliphatic heterocycles. The van der Waals surface area contributed by atoms with Gasteiger partial charge >= 0.3 is 0 Å². The largest absolute Gasteiger partial charge is 0.309 e. The molecule has 0 bridgehead atoms. The van der Waals surface area contributed by atoms with Crippen LogP contribution < -0.4 is 10.6 Å². The number of anilines is 1. The number of pyridine rings is 1. The third-order valence-electron chi connectivity index (χ3n) is 4.92. The molecule has 3 N–H and O–H groups in total. The Hall–Kier alpha value is -3.84. The van der Waals surface area contributed by atoms with Crippen LogP contribution in [0.3, 0.4) is 0 Å². The molecule has 4 aromatic rings. The van der Waals surface area contributed by atoms with Crippen LogP contribution in [-0.4, -0.2) is 27.6 Å². The molecule has 0 aliphatic rings. The van der Waals surface area contributed by atoms with Gasteiger partial charge in [0.1, 0.15) is 17.7 Å². The van der Waals surface area contributed by atoms with Crippen LogP contribution in [0.25, 0.3) is 11.1 Å². The van der Waals surface area contributed by atoms with Crippen molar-refractivity contribution in [1.82, 2.24) is 20.5 Å². The molecule has 0 fully saturated rings. The summed E-state index contributed by atoms with van der Waals surface area (Å²) in [5.74, 6) is 0.0110. The maximum Gasteiger partial charge on any atom is 0.247 e. The lowest BCUT2D eigenvalue weighted by Crippen LogP contribution is -2.34. The Labute approximate surface area is 179 Å². The fourth-order valence-electron chi connectivity index (χ4n) is 3.27. The average Bonchev–Trinajstić information content (AvgIpc) is 3.34. The molecule has 2 aromatic carbocycles. The number of H-pyrrole nitrogens is 1. The number of amides is 1. The van der Waals surface area contributed by atoms with Crippen molar-refractivity contribution in [2.75, 3.05) is 11.9 Å². The maximum atomic E-state index is 13.1. The molecule has 0 saturated carbocycles. The molecule has 1 unspecified atom stereocenters. The third-order valence-corrected chi connectivity index (χ3v) is 4.92. The van der Waals surface area contributed by atoms with Crippen LogP contribution in [0.4, 0.5) is 10.2 Å². The van der Waals surface area contributed by atoms with Gasteiger partial charge in [-0.25, -0.2) is 9.37 Å². The average molecular weight is 415 g/mol. The summed E-state index contributed by atoms with van der Waals surface area (Å²) in [4.78, 5) is 17.4. The first-order chi connectivity index (χ1) is 15.2. The monoisotopic (exact) mass is 415 g/mol. The van der Waals surface area contributed by atoms with Gasteiger partial charge in [0.2, 0.25) is 5.91 Å². The lowest BCUT2D eigenvalue weighted by molar-refractivity contribution is -0.118. The summed E-state index contributed by atoms with van der Waals surface area (Å²) in [6.07, 6.45) is 5.87. The standard InChI is InChI=1S/C24H22FN5O/c25-21-9-6-17(7-10-21)12-13-26-23(18-4-2-1-3-5-18)24(31)30-22-11-8-19(14-27-22)20-15-28-29-16-20/h1-11,14-16,23,26H,12-13H2,(H,28,29)(H,27,30,31). The zero-order valence-corrected chi connectivity index (χ0v) is 16.8. The number of carbonyl (C=O) groups is 1. The van der Waals surface area contributed by atoms with Crippen LogP contribution in [0.5, 0.6) is 0 Å². The summed E-state index contributed by atoms with van der Waals surface area (Å²) in [5.41, 5.74) is 3.69. The Balaban J connectivity index is 1.43. The fourth-order valence-corrected chi connectivity index (χ4v) is 3.27. The van der Waals surface area contributed by atoms with Gasteiger partial charge in [-0.15, -0.1) is 0 Å². The molecule has 4 rings (SSSR count). The van der Waals surface area contributed by atoms with E-state index in [9.17, 15) is 9.18 Å². The molecule has 156 valence electrons. The second kappa shape index (κ2) is 9.77. The predicted molar refractivity (Wildman–Crippen MR) is 118 cm³/mol. The number of hydrogen-bond donors (Lipinski definition) is 3. The topological polar surface area (TPSA) is 82.7 Å². The Morgan fingerprint density at radius 1 is 0.968 bits per heavy atom. The van der Waals surface area contributed by atoms with Crippen LogP contribution in [-0.2, 0) is 11.2 Å². The SMILES string of the molecule is O=C(Nc1ccc(-c2cn[nH]c2)cn1)C(NCCc1ccc(F)cc1)c1ccccc1. The lowest BCUT2D eigenvalue weighted by Gasteiger charge is -2.19. The van der Waals surface area contributed by atoms with E-state index in [2.05, 4.69) is 25.8 Å². The summed E-state index contributed by atoms with van der Waals surface area (Å²) in [5, 5.41) is 12.9. The molecule has 0 radical (unpaired) electrons. The Bertz CT molecular complexity index is 1100. The van der Waals surface area contributed by atoms with Crippen LogP contribution in [0.1, 0.15) is 17.2 Å². The van der Waals surface area contributed by atoms with Crippen molar-refractivity contribution in [3.63, 3.8) is 0 Å². The van der Waals surface area contributed by atoms with E-state index in [0.717, 1.165) is 22.3 Å². The van der Waals surface area contributed by atoms with Crippen LogP contribution in [0.15, 0.2) is 85.3 Å². The van der Waals surface area contributed by atoms with Gasteiger partial charge in [-0.1, -0.05) is 42.5 Å². The van der Waals surface area contributed by atoms with Crippen molar-refractivity contribution >= 4 is 11.7 Å². The summed E-state index contributed by atoms with van der Waals surface area (Å²) < 4.78 is 13.1. The van der Waals surface area contributed by atoms with E-state index in [-0.39, 0.29) is 11.7 Å². The van der Waals surface area contributed by atoms with Gasteiger partial charge < -0.3 is 10.6 Å². The lowest BCUT2D eigenvalue weighted by atomic mass is 10.1. The molecular weight excluding hydrogens is 393 g/mol. The maximum absolute atomic E-state index is 13.1. The normalized spacial score (nSPS) is 11.8. The van der Waals surface area contributed by atoms with Crippen LogP contribution in [0.2, 0.25) is 0 Å². The van der Waals surface area contributed by atoms with Crippen LogP contribution >= 0.6 is 0 Å². The van der Waals surface area contributed by atoms with Crippen molar-refractivity contribution < 1.29 is 9.18 Å². The summed E-state index contributed by atoms with van der Waals surface area (Å²) in [6.45, 7) is 0.561. The van der Waals surface area contributed by atoms with Gasteiger partial charge in [0, 0.05) is 30.1 Å². The van der Waals surface area contributed by atoms with E-state index in [0.29, 0.717) is 18.8 Å². The van der Waals surface area contributed by atoms with Gasteiger partial charge in [-0.2, -0.15) is 5.10 Å². The molecule has 0 saturated heterocycles. The fraction of sp³-hybridized carbons (Fsp3) is 0.125.